The predicted octanol–water partition coefficient (Wildman–Crippen LogP) is 4.16. The molecule has 0 amide bonds. The van der Waals surface area contributed by atoms with Gasteiger partial charge >= 0.3 is 0 Å². The van der Waals surface area contributed by atoms with E-state index in [4.69, 9.17) is 4.74 Å². The molecule has 108 valence electrons. The van der Waals surface area contributed by atoms with Crippen LogP contribution in [0.25, 0.3) is 0 Å². The van der Waals surface area contributed by atoms with E-state index in [0.29, 0.717) is 17.9 Å². The van der Waals surface area contributed by atoms with Crippen molar-refractivity contribution in [1.29, 1.82) is 0 Å². The second kappa shape index (κ2) is 6.38. The Labute approximate surface area is 113 Å². The highest BCUT2D eigenvalue weighted by Crippen LogP contribution is 2.44. The zero-order valence-corrected chi connectivity index (χ0v) is 13.0. The quantitative estimate of drug-likeness (QED) is 0.773. The number of ether oxygens (including phenoxy) is 1. The van der Waals surface area contributed by atoms with Gasteiger partial charge in [0.05, 0.1) is 11.7 Å². The average molecular weight is 256 g/mol. The van der Waals surface area contributed by atoms with Crippen LogP contribution < -0.4 is 0 Å². The van der Waals surface area contributed by atoms with Crippen LogP contribution >= 0.6 is 0 Å². The zero-order valence-electron chi connectivity index (χ0n) is 13.0. The SMILES string of the molecule is CCC1(C)CCCC(O)(CCOC(C)C(C)C)C1. The Morgan fingerprint density at radius 3 is 2.44 bits per heavy atom. The third-order valence-electron chi connectivity index (χ3n) is 4.92. The van der Waals surface area contributed by atoms with Crippen LogP contribution in [0, 0.1) is 11.3 Å². The van der Waals surface area contributed by atoms with Gasteiger partial charge in [-0.25, -0.2) is 0 Å². The maximum atomic E-state index is 10.7. The molecule has 0 aromatic heterocycles. The number of aliphatic hydroxyl groups is 1. The van der Waals surface area contributed by atoms with Crippen LogP contribution in [-0.4, -0.2) is 23.4 Å². The van der Waals surface area contributed by atoms with Crippen molar-refractivity contribution in [2.45, 2.75) is 84.8 Å². The van der Waals surface area contributed by atoms with E-state index in [1.54, 1.807) is 0 Å². The van der Waals surface area contributed by atoms with Crippen LogP contribution in [0.5, 0.6) is 0 Å². The van der Waals surface area contributed by atoms with Crippen LogP contribution in [0.1, 0.15) is 73.1 Å². The summed E-state index contributed by atoms with van der Waals surface area (Å²) in [6.07, 6.45) is 6.54. The molecule has 0 aromatic rings. The van der Waals surface area contributed by atoms with Gasteiger partial charge in [0.1, 0.15) is 0 Å². The molecule has 3 atom stereocenters. The van der Waals surface area contributed by atoms with E-state index in [0.717, 1.165) is 25.7 Å². The first-order chi connectivity index (χ1) is 8.30. The third kappa shape index (κ3) is 4.55. The Morgan fingerprint density at radius 1 is 1.22 bits per heavy atom. The lowest BCUT2D eigenvalue weighted by atomic mass is 9.66. The molecule has 0 radical (unpaired) electrons. The highest BCUT2D eigenvalue weighted by molar-refractivity contribution is 4.92. The topological polar surface area (TPSA) is 29.5 Å². The molecule has 18 heavy (non-hydrogen) atoms. The summed E-state index contributed by atoms with van der Waals surface area (Å²) in [5.74, 6) is 0.548. The average Bonchev–Trinajstić information content (AvgIpc) is 2.28. The first kappa shape index (κ1) is 16.0. The molecule has 2 heteroatoms. The van der Waals surface area contributed by atoms with Gasteiger partial charge in [-0.05, 0) is 43.9 Å². The molecular formula is C16H32O2. The predicted molar refractivity (Wildman–Crippen MR) is 76.7 cm³/mol. The second-order valence-electron chi connectivity index (χ2n) is 6.99. The normalized spacial score (nSPS) is 34.8. The van der Waals surface area contributed by atoms with Crippen LogP contribution in [0.4, 0.5) is 0 Å². The Morgan fingerprint density at radius 2 is 1.89 bits per heavy atom. The summed E-state index contributed by atoms with van der Waals surface area (Å²) in [4.78, 5) is 0. The highest BCUT2D eigenvalue weighted by atomic mass is 16.5. The Balaban J connectivity index is 2.40. The molecule has 1 aliphatic rings. The summed E-state index contributed by atoms with van der Waals surface area (Å²) in [5.41, 5.74) is -0.156. The molecule has 0 spiro atoms. The van der Waals surface area contributed by atoms with E-state index >= 15 is 0 Å². The fourth-order valence-corrected chi connectivity index (χ4v) is 2.96. The Hall–Kier alpha value is -0.0800. The minimum Gasteiger partial charge on any atom is -0.390 e. The lowest BCUT2D eigenvalue weighted by Crippen LogP contribution is -2.41. The van der Waals surface area contributed by atoms with Crippen molar-refractivity contribution in [2.75, 3.05) is 6.61 Å². The molecule has 1 saturated carbocycles. The number of rotatable bonds is 6. The van der Waals surface area contributed by atoms with Crippen molar-refractivity contribution in [3.63, 3.8) is 0 Å². The summed E-state index contributed by atoms with van der Waals surface area (Å²) in [6, 6.07) is 0. The maximum absolute atomic E-state index is 10.7. The van der Waals surface area contributed by atoms with E-state index in [9.17, 15) is 5.11 Å². The van der Waals surface area contributed by atoms with Gasteiger partial charge in [-0.3, -0.25) is 0 Å². The molecular weight excluding hydrogens is 224 g/mol. The van der Waals surface area contributed by atoms with Crippen LogP contribution in [0.2, 0.25) is 0 Å². The van der Waals surface area contributed by atoms with E-state index in [1.807, 2.05) is 0 Å². The largest absolute Gasteiger partial charge is 0.390 e. The summed E-state index contributed by atoms with van der Waals surface area (Å²) >= 11 is 0. The summed E-state index contributed by atoms with van der Waals surface area (Å²) in [7, 11) is 0. The van der Waals surface area contributed by atoms with Crippen molar-refractivity contribution in [3.05, 3.63) is 0 Å². The van der Waals surface area contributed by atoms with Crippen LogP contribution in [0.3, 0.4) is 0 Å². The third-order valence-corrected chi connectivity index (χ3v) is 4.92. The van der Waals surface area contributed by atoms with E-state index in [1.165, 1.54) is 12.8 Å². The summed E-state index contributed by atoms with van der Waals surface area (Å²) in [5, 5.41) is 10.7. The smallest absolute Gasteiger partial charge is 0.0674 e. The van der Waals surface area contributed by atoms with Crippen LogP contribution in [0.15, 0.2) is 0 Å². The zero-order chi connectivity index (χ0) is 13.8. The van der Waals surface area contributed by atoms with Gasteiger partial charge in [0.25, 0.3) is 0 Å². The van der Waals surface area contributed by atoms with Gasteiger partial charge in [-0.2, -0.15) is 0 Å². The van der Waals surface area contributed by atoms with Gasteiger partial charge in [0, 0.05) is 6.61 Å². The van der Waals surface area contributed by atoms with Crippen LogP contribution in [-0.2, 0) is 4.74 Å². The summed E-state index contributed by atoms with van der Waals surface area (Å²) in [6.45, 7) is 11.7. The highest BCUT2D eigenvalue weighted by Gasteiger charge is 2.39. The molecule has 3 unspecified atom stereocenters. The molecule has 1 fully saturated rings. The van der Waals surface area contributed by atoms with Crippen molar-refractivity contribution >= 4 is 0 Å². The van der Waals surface area contributed by atoms with Gasteiger partial charge < -0.3 is 9.84 Å². The first-order valence-corrected chi connectivity index (χ1v) is 7.64. The monoisotopic (exact) mass is 256 g/mol. The Bertz CT molecular complexity index is 251. The molecule has 0 aliphatic heterocycles. The fraction of sp³-hybridized carbons (Fsp3) is 1.00. The van der Waals surface area contributed by atoms with E-state index < -0.39 is 5.60 Å². The fourth-order valence-electron chi connectivity index (χ4n) is 2.96. The molecule has 1 N–H and O–H groups in total. The minimum atomic E-state index is -0.486. The van der Waals surface area contributed by atoms with E-state index in [2.05, 4.69) is 34.6 Å². The molecule has 0 saturated heterocycles. The molecule has 1 rings (SSSR count). The molecule has 0 bridgehead atoms. The van der Waals surface area contributed by atoms with Crippen molar-refractivity contribution in [3.8, 4) is 0 Å². The Kier molecular flexibility index (Phi) is 5.67. The lowest BCUT2D eigenvalue weighted by Gasteiger charge is -2.43. The van der Waals surface area contributed by atoms with Crippen molar-refractivity contribution in [2.24, 2.45) is 11.3 Å². The number of hydrogen-bond donors (Lipinski definition) is 1. The van der Waals surface area contributed by atoms with Gasteiger partial charge in [-0.15, -0.1) is 0 Å². The first-order valence-electron chi connectivity index (χ1n) is 7.64. The second-order valence-corrected chi connectivity index (χ2v) is 6.99. The maximum Gasteiger partial charge on any atom is 0.0674 e. The molecule has 0 aromatic carbocycles. The van der Waals surface area contributed by atoms with Gasteiger partial charge in [0.15, 0.2) is 0 Å². The lowest BCUT2D eigenvalue weighted by molar-refractivity contribution is -0.0761. The van der Waals surface area contributed by atoms with Gasteiger partial charge in [0.2, 0.25) is 0 Å². The summed E-state index contributed by atoms with van der Waals surface area (Å²) < 4.78 is 5.81. The number of hydrogen-bond acceptors (Lipinski definition) is 2. The van der Waals surface area contributed by atoms with Crippen molar-refractivity contribution in [1.82, 2.24) is 0 Å². The molecule has 1 aliphatic carbocycles. The van der Waals surface area contributed by atoms with Crippen molar-refractivity contribution < 1.29 is 9.84 Å². The minimum absolute atomic E-state index is 0.287. The van der Waals surface area contributed by atoms with Gasteiger partial charge in [-0.1, -0.05) is 40.5 Å². The molecule has 0 heterocycles. The van der Waals surface area contributed by atoms with E-state index in [-0.39, 0.29) is 6.10 Å². The standard InChI is InChI=1S/C16H32O2/c1-6-15(5)8-7-9-16(17,12-15)10-11-18-14(4)13(2)3/h13-14,17H,6-12H2,1-5H3. The molecule has 2 nitrogen and oxygen atoms in total.